The Morgan fingerprint density at radius 2 is 1.71 bits per heavy atom. The average molecular weight is 456 g/mol. The van der Waals surface area contributed by atoms with E-state index in [9.17, 15) is 18.0 Å². The number of carbonyl (C=O) groups is 2. The van der Waals surface area contributed by atoms with Gasteiger partial charge in [0.25, 0.3) is 21.8 Å². The van der Waals surface area contributed by atoms with Crippen LogP contribution in [0.2, 0.25) is 0 Å². The third-order valence-electron chi connectivity index (χ3n) is 3.96. The molecule has 0 bridgehead atoms. The Hall–Kier alpha value is -3.88. The van der Waals surface area contributed by atoms with Gasteiger partial charge in [-0.1, -0.05) is 18.2 Å². The van der Waals surface area contributed by atoms with Crippen molar-refractivity contribution in [3.05, 3.63) is 77.2 Å². The number of nitrogens with zero attached hydrogens (tertiary/aromatic N) is 1. The van der Waals surface area contributed by atoms with E-state index in [1.807, 2.05) is 6.07 Å². The number of carbonyl (C=O) groups excluding carboxylic acids is 2. The number of thiophene rings is 1. The molecule has 3 aromatic rings. The number of hydrazine groups is 1. The van der Waals surface area contributed by atoms with E-state index in [2.05, 4.69) is 20.9 Å². The normalized spacial score (nSPS) is 10.5. The second kappa shape index (κ2) is 9.75. The van der Waals surface area contributed by atoms with Gasteiger partial charge in [-0.15, -0.1) is 11.3 Å². The van der Waals surface area contributed by atoms with Gasteiger partial charge >= 0.3 is 0 Å². The third kappa shape index (κ3) is 5.81. The van der Waals surface area contributed by atoms with Crippen LogP contribution in [0.4, 0.5) is 11.4 Å². The van der Waals surface area contributed by atoms with Crippen LogP contribution in [-0.2, 0) is 14.8 Å². The number of benzene rings is 2. The lowest BCUT2D eigenvalue weighted by Crippen LogP contribution is -2.44. The van der Waals surface area contributed by atoms with E-state index in [1.165, 1.54) is 18.2 Å². The average Bonchev–Trinajstić information content (AvgIpc) is 3.32. The first kappa shape index (κ1) is 21.8. The van der Waals surface area contributed by atoms with Crippen molar-refractivity contribution in [1.82, 2.24) is 10.9 Å². The molecule has 2 aromatic carbocycles. The Morgan fingerprint density at radius 1 is 0.968 bits per heavy atom. The molecule has 0 aliphatic heterocycles. The summed E-state index contributed by atoms with van der Waals surface area (Å²) in [4.78, 5) is 24.5. The molecule has 11 heteroatoms. The highest BCUT2D eigenvalue weighted by molar-refractivity contribution is 7.94. The van der Waals surface area contributed by atoms with Crippen molar-refractivity contribution in [2.45, 2.75) is 4.21 Å². The number of rotatable bonds is 7. The van der Waals surface area contributed by atoms with Crippen molar-refractivity contribution in [3.63, 3.8) is 0 Å². The molecule has 0 radical (unpaired) electrons. The van der Waals surface area contributed by atoms with Gasteiger partial charge < -0.3 is 5.32 Å². The summed E-state index contributed by atoms with van der Waals surface area (Å²) in [5.41, 5.74) is 5.78. The van der Waals surface area contributed by atoms with Gasteiger partial charge in [0.15, 0.2) is 0 Å². The summed E-state index contributed by atoms with van der Waals surface area (Å²) < 4.78 is 27.4. The SMILES string of the molecule is N#Cc1ccc(NCC(=O)NNC(=O)c2ccccc2NS(=O)(=O)c2cccs2)cc1. The monoisotopic (exact) mass is 455 g/mol. The van der Waals surface area contributed by atoms with Crippen molar-refractivity contribution >= 4 is 44.5 Å². The first-order valence-electron chi connectivity index (χ1n) is 8.87. The minimum absolute atomic E-state index is 0.0444. The standard InChI is InChI=1S/C20H17N5O4S2/c21-12-14-7-9-15(10-8-14)22-13-18(26)23-24-20(27)16-4-1-2-5-17(16)25-31(28,29)19-6-3-11-30-19/h1-11,22,25H,13H2,(H,23,26)(H,24,27). The van der Waals surface area contributed by atoms with Crippen LogP contribution in [0.3, 0.4) is 0 Å². The van der Waals surface area contributed by atoms with Crippen molar-refractivity contribution in [2.75, 3.05) is 16.6 Å². The Labute approximate surface area is 182 Å². The summed E-state index contributed by atoms with van der Waals surface area (Å²) in [6, 6.07) is 17.6. The number of nitriles is 1. The third-order valence-corrected chi connectivity index (χ3v) is 6.72. The highest BCUT2D eigenvalue weighted by atomic mass is 32.2. The second-order valence-electron chi connectivity index (χ2n) is 6.13. The highest BCUT2D eigenvalue weighted by Crippen LogP contribution is 2.22. The molecule has 4 N–H and O–H groups in total. The lowest BCUT2D eigenvalue weighted by Gasteiger charge is -2.13. The zero-order valence-electron chi connectivity index (χ0n) is 16.0. The summed E-state index contributed by atoms with van der Waals surface area (Å²) >= 11 is 1.05. The molecular weight excluding hydrogens is 438 g/mol. The molecule has 2 amide bonds. The fourth-order valence-corrected chi connectivity index (χ4v) is 4.54. The summed E-state index contributed by atoms with van der Waals surface area (Å²) in [6.07, 6.45) is 0. The summed E-state index contributed by atoms with van der Waals surface area (Å²) in [6.45, 7) is -0.126. The Morgan fingerprint density at radius 3 is 2.39 bits per heavy atom. The number of hydrogen-bond donors (Lipinski definition) is 4. The Bertz CT molecular complexity index is 1220. The minimum Gasteiger partial charge on any atom is -0.376 e. The van der Waals surface area contributed by atoms with Gasteiger partial charge in [-0.25, -0.2) is 8.42 Å². The molecule has 158 valence electrons. The van der Waals surface area contributed by atoms with Crippen LogP contribution in [0, 0.1) is 11.3 Å². The lowest BCUT2D eigenvalue weighted by atomic mass is 10.2. The maximum absolute atomic E-state index is 12.5. The van der Waals surface area contributed by atoms with Gasteiger partial charge in [0.1, 0.15) is 4.21 Å². The van der Waals surface area contributed by atoms with E-state index in [4.69, 9.17) is 5.26 Å². The first-order chi connectivity index (χ1) is 14.9. The van der Waals surface area contributed by atoms with E-state index >= 15 is 0 Å². The fourth-order valence-electron chi connectivity index (χ4n) is 2.46. The zero-order chi connectivity index (χ0) is 22.3. The number of hydrogen-bond acceptors (Lipinski definition) is 7. The largest absolute Gasteiger partial charge is 0.376 e. The van der Waals surface area contributed by atoms with Gasteiger partial charge in [-0.2, -0.15) is 5.26 Å². The quantitative estimate of drug-likeness (QED) is 0.403. The highest BCUT2D eigenvalue weighted by Gasteiger charge is 2.19. The van der Waals surface area contributed by atoms with Crippen LogP contribution in [-0.4, -0.2) is 26.8 Å². The minimum atomic E-state index is -3.83. The van der Waals surface area contributed by atoms with Crippen molar-refractivity contribution < 1.29 is 18.0 Å². The Balaban J connectivity index is 1.58. The summed E-state index contributed by atoms with van der Waals surface area (Å²) in [7, 11) is -3.83. The predicted molar refractivity (Wildman–Crippen MR) is 117 cm³/mol. The molecule has 31 heavy (non-hydrogen) atoms. The predicted octanol–water partition coefficient (Wildman–Crippen LogP) is 2.29. The lowest BCUT2D eigenvalue weighted by molar-refractivity contribution is -0.120. The van der Waals surface area contributed by atoms with Crippen molar-refractivity contribution in [1.29, 1.82) is 5.26 Å². The van der Waals surface area contributed by atoms with Crippen LogP contribution in [0.25, 0.3) is 0 Å². The van der Waals surface area contributed by atoms with E-state index < -0.39 is 21.8 Å². The van der Waals surface area contributed by atoms with Gasteiger partial charge in [0.05, 0.1) is 29.4 Å². The molecule has 0 saturated carbocycles. The summed E-state index contributed by atoms with van der Waals surface area (Å²) in [5, 5.41) is 13.3. The molecule has 0 atom stereocenters. The molecule has 0 aliphatic rings. The van der Waals surface area contributed by atoms with Gasteiger partial charge in [-0.05, 0) is 47.8 Å². The topological polar surface area (TPSA) is 140 Å². The fraction of sp³-hybridized carbons (Fsp3) is 0.0500. The molecule has 0 saturated heterocycles. The molecule has 0 spiro atoms. The Kier molecular flexibility index (Phi) is 6.86. The van der Waals surface area contributed by atoms with E-state index in [1.54, 1.807) is 47.8 Å². The van der Waals surface area contributed by atoms with E-state index in [0.29, 0.717) is 11.3 Å². The first-order valence-corrected chi connectivity index (χ1v) is 11.2. The molecule has 1 aromatic heterocycles. The summed E-state index contributed by atoms with van der Waals surface area (Å²) in [5.74, 6) is -1.20. The molecule has 1 heterocycles. The number of nitrogens with one attached hydrogen (secondary N) is 4. The van der Waals surface area contributed by atoms with Crippen molar-refractivity contribution in [3.8, 4) is 6.07 Å². The molecule has 3 rings (SSSR count). The number of para-hydroxylation sites is 1. The smallest absolute Gasteiger partial charge is 0.271 e. The van der Waals surface area contributed by atoms with Gasteiger partial charge in [0, 0.05) is 5.69 Å². The molecule has 0 unspecified atom stereocenters. The molecular formula is C20H17N5O4S2. The number of sulfonamides is 1. The van der Waals surface area contributed by atoms with Crippen molar-refractivity contribution in [2.24, 2.45) is 0 Å². The molecule has 9 nitrogen and oxygen atoms in total. The number of anilines is 2. The molecule has 0 fully saturated rings. The maximum atomic E-state index is 12.5. The van der Waals surface area contributed by atoms with E-state index in [0.717, 1.165) is 11.3 Å². The maximum Gasteiger partial charge on any atom is 0.271 e. The van der Waals surface area contributed by atoms with E-state index in [-0.39, 0.29) is 22.0 Å². The van der Waals surface area contributed by atoms with Gasteiger partial charge in [-0.3, -0.25) is 25.2 Å². The van der Waals surface area contributed by atoms with Crippen LogP contribution in [0.1, 0.15) is 15.9 Å². The number of amides is 2. The second-order valence-corrected chi connectivity index (χ2v) is 8.99. The zero-order valence-corrected chi connectivity index (χ0v) is 17.6. The molecule has 0 aliphatic carbocycles. The van der Waals surface area contributed by atoms with Crippen LogP contribution in [0.5, 0.6) is 0 Å². The van der Waals surface area contributed by atoms with Crippen LogP contribution in [0.15, 0.2) is 70.3 Å². The van der Waals surface area contributed by atoms with Gasteiger partial charge in [0.2, 0.25) is 0 Å². The van der Waals surface area contributed by atoms with Crippen LogP contribution < -0.4 is 20.9 Å². The van der Waals surface area contributed by atoms with Crippen LogP contribution >= 0.6 is 11.3 Å².